The van der Waals surface area contributed by atoms with Crippen molar-refractivity contribution in [2.75, 3.05) is 5.32 Å². The summed E-state index contributed by atoms with van der Waals surface area (Å²) in [5, 5.41) is 7.94. The first kappa shape index (κ1) is 12.8. The van der Waals surface area contributed by atoms with Crippen molar-refractivity contribution >= 4 is 23.1 Å². The summed E-state index contributed by atoms with van der Waals surface area (Å²) >= 11 is 5.81. The first-order chi connectivity index (χ1) is 8.47. The molecule has 2 rings (SSSR count). The van der Waals surface area contributed by atoms with Crippen LogP contribution in [0.5, 0.6) is 0 Å². The normalized spacial score (nSPS) is 11.0. The summed E-state index contributed by atoms with van der Waals surface area (Å²) in [5.74, 6) is 1.05. The minimum absolute atomic E-state index is 0.234. The second-order valence-corrected chi connectivity index (χ2v) is 4.89. The highest BCUT2D eigenvalue weighted by Gasteiger charge is 2.13. The molecule has 6 heteroatoms. The predicted octanol–water partition coefficient (Wildman–Crippen LogP) is 3.04. The Bertz CT molecular complexity index is 562. The van der Waals surface area contributed by atoms with E-state index < -0.39 is 0 Å². The van der Waals surface area contributed by atoms with Gasteiger partial charge < -0.3 is 5.32 Å². The van der Waals surface area contributed by atoms with E-state index in [9.17, 15) is 0 Å². The number of nitrogens with zero attached hydrogens (tertiary/aromatic N) is 4. The molecule has 0 aliphatic rings. The lowest BCUT2D eigenvalue weighted by Crippen LogP contribution is -2.00. The molecular formula is C12H16ClN5. The molecule has 18 heavy (non-hydrogen) atoms. The van der Waals surface area contributed by atoms with Crippen LogP contribution in [0.4, 0.5) is 11.5 Å². The van der Waals surface area contributed by atoms with E-state index in [0.29, 0.717) is 11.7 Å². The van der Waals surface area contributed by atoms with Crippen LogP contribution < -0.4 is 5.32 Å². The monoisotopic (exact) mass is 265 g/mol. The molecule has 0 bridgehead atoms. The molecule has 0 unspecified atom stereocenters. The summed E-state index contributed by atoms with van der Waals surface area (Å²) < 4.78 is 1.79. The van der Waals surface area contributed by atoms with Crippen molar-refractivity contribution in [1.82, 2.24) is 19.7 Å². The van der Waals surface area contributed by atoms with Crippen LogP contribution in [-0.2, 0) is 7.05 Å². The van der Waals surface area contributed by atoms with Crippen molar-refractivity contribution in [1.29, 1.82) is 0 Å². The molecule has 0 atom stereocenters. The number of aromatic nitrogens is 4. The van der Waals surface area contributed by atoms with Gasteiger partial charge in [0.1, 0.15) is 5.82 Å². The Morgan fingerprint density at radius 1 is 1.39 bits per heavy atom. The summed E-state index contributed by atoms with van der Waals surface area (Å²) in [7, 11) is 1.90. The molecule has 2 heterocycles. The van der Waals surface area contributed by atoms with Crippen molar-refractivity contribution in [2.24, 2.45) is 7.05 Å². The maximum Gasteiger partial charge on any atom is 0.224 e. The van der Waals surface area contributed by atoms with Gasteiger partial charge in [0.2, 0.25) is 5.28 Å². The summed E-state index contributed by atoms with van der Waals surface area (Å²) in [4.78, 5) is 8.12. The molecule has 96 valence electrons. The van der Waals surface area contributed by atoms with Crippen LogP contribution in [0.25, 0.3) is 0 Å². The predicted molar refractivity (Wildman–Crippen MR) is 72.4 cm³/mol. The fourth-order valence-corrected chi connectivity index (χ4v) is 1.84. The standard InChI is InChI=1S/C12H16ClN5/c1-7(2)10-9(6-18(4)17-10)15-11-8(3)5-14-12(13)16-11/h5-7H,1-4H3,(H,14,15,16). The third-order valence-electron chi connectivity index (χ3n) is 2.60. The zero-order chi connectivity index (χ0) is 13.3. The molecule has 2 aromatic rings. The molecule has 0 spiro atoms. The average molecular weight is 266 g/mol. The lowest BCUT2D eigenvalue weighted by molar-refractivity contribution is 0.713. The Hall–Kier alpha value is -1.62. The number of rotatable bonds is 3. The second kappa shape index (κ2) is 4.94. The van der Waals surface area contributed by atoms with Gasteiger partial charge in [-0.1, -0.05) is 13.8 Å². The Morgan fingerprint density at radius 3 is 2.78 bits per heavy atom. The minimum Gasteiger partial charge on any atom is -0.337 e. The number of halogens is 1. The molecule has 0 saturated heterocycles. The van der Waals surface area contributed by atoms with Crippen LogP contribution in [0.2, 0.25) is 5.28 Å². The van der Waals surface area contributed by atoms with Crippen molar-refractivity contribution in [3.8, 4) is 0 Å². The van der Waals surface area contributed by atoms with Crippen LogP contribution in [0.15, 0.2) is 12.4 Å². The summed E-state index contributed by atoms with van der Waals surface area (Å²) in [5.41, 5.74) is 2.90. The zero-order valence-electron chi connectivity index (χ0n) is 10.9. The van der Waals surface area contributed by atoms with Gasteiger partial charge in [-0.15, -0.1) is 0 Å². The van der Waals surface area contributed by atoms with E-state index in [1.54, 1.807) is 10.9 Å². The van der Waals surface area contributed by atoms with Crippen LogP contribution in [0, 0.1) is 6.92 Å². The van der Waals surface area contributed by atoms with Crippen molar-refractivity contribution in [3.05, 3.63) is 28.9 Å². The van der Waals surface area contributed by atoms with Gasteiger partial charge in [-0.3, -0.25) is 4.68 Å². The number of aryl methyl sites for hydroxylation is 2. The molecule has 0 amide bonds. The summed E-state index contributed by atoms with van der Waals surface area (Å²) in [6.07, 6.45) is 3.63. The van der Waals surface area contributed by atoms with Gasteiger partial charge in [0.25, 0.3) is 0 Å². The quantitative estimate of drug-likeness (QED) is 0.867. The highest BCUT2D eigenvalue weighted by atomic mass is 35.5. The highest BCUT2D eigenvalue weighted by molar-refractivity contribution is 6.28. The fourth-order valence-electron chi connectivity index (χ4n) is 1.70. The number of anilines is 2. The van der Waals surface area contributed by atoms with Crippen molar-refractivity contribution in [3.63, 3.8) is 0 Å². The van der Waals surface area contributed by atoms with Crippen LogP contribution in [0.1, 0.15) is 31.0 Å². The molecule has 0 radical (unpaired) electrons. The number of nitrogens with one attached hydrogen (secondary N) is 1. The van der Waals surface area contributed by atoms with Gasteiger partial charge in [-0.2, -0.15) is 5.10 Å². The lowest BCUT2D eigenvalue weighted by atomic mass is 10.1. The second-order valence-electron chi connectivity index (χ2n) is 4.55. The molecule has 1 N–H and O–H groups in total. The Kier molecular flexibility index (Phi) is 3.52. The molecule has 0 aliphatic heterocycles. The van der Waals surface area contributed by atoms with Crippen molar-refractivity contribution in [2.45, 2.75) is 26.7 Å². The van der Waals surface area contributed by atoms with Gasteiger partial charge in [0, 0.05) is 25.0 Å². The molecule has 0 fully saturated rings. The molecule has 2 aromatic heterocycles. The Morgan fingerprint density at radius 2 is 2.11 bits per heavy atom. The van der Waals surface area contributed by atoms with Gasteiger partial charge in [0.05, 0.1) is 11.4 Å². The average Bonchev–Trinajstić information content (AvgIpc) is 2.65. The van der Waals surface area contributed by atoms with E-state index in [1.807, 2.05) is 20.2 Å². The molecule has 0 aliphatic carbocycles. The maximum absolute atomic E-state index is 5.81. The smallest absolute Gasteiger partial charge is 0.224 e. The molecule has 0 aromatic carbocycles. The Labute approximate surface area is 111 Å². The van der Waals surface area contributed by atoms with E-state index in [-0.39, 0.29) is 5.28 Å². The van der Waals surface area contributed by atoms with E-state index in [0.717, 1.165) is 16.9 Å². The van der Waals surface area contributed by atoms with Gasteiger partial charge >= 0.3 is 0 Å². The topological polar surface area (TPSA) is 55.6 Å². The van der Waals surface area contributed by atoms with E-state index in [1.165, 1.54) is 0 Å². The SMILES string of the molecule is Cc1cnc(Cl)nc1Nc1cn(C)nc1C(C)C. The molecular weight excluding hydrogens is 250 g/mol. The minimum atomic E-state index is 0.234. The van der Waals surface area contributed by atoms with Crippen LogP contribution in [0.3, 0.4) is 0 Å². The molecule has 5 nitrogen and oxygen atoms in total. The van der Waals surface area contributed by atoms with E-state index >= 15 is 0 Å². The third-order valence-corrected chi connectivity index (χ3v) is 2.78. The van der Waals surface area contributed by atoms with E-state index in [4.69, 9.17) is 11.6 Å². The third kappa shape index (κ3) is 2.61. The highest BCUT2D eigenvalue weighted by Crippen LogP contribution is 2.26. The number of hydrogen-bond donors (Lipinski definition) is 1. The lowest BCUT2D eigenvalue weighted by Gasteiger charge is -2.09. The first-order valence-corrected chi connectivity index (χ1v) is 6.15. The fraction of sp³-hybridized carbons (Fsp3) is 0.417. The van der Waals surface area contributed by atoms with E-state index in [2.05, 4.69) is 34.2 Å². The first-order valence-electron chi connectivity index (χ1n) is 5.77. The zero-order valence-corrected chi connectivity index (χ0v) is 11.7. The number of hydrogen-bond acceptors (Lipinski definition) is 4. The summed E-state index contributed by atoms with van der Waals surface area (Å²) in [6.45, 7) is 6.14. The largest absolute Gasteiger partial charge is 0.337 e. The summed E-state index contributed by atoms with van der Waals surface area (Å²) in [6, 6.07) is 0. The van der Waals surface area contributed by atoms with Crippen LogP contribution >= 0.6 is 11.6 Å². The molecule has 0 saturated carbocycles. The van der Waals surface area contributed by atoms with Gasteiger partial charge in [-0.05, 0) is 24.4 Å². The maximum atomic E-state index is 5.81. The Balaban J connectivity index is 2.36. The van der Waals surface area contributed by atoms with Gasteiger partial charge in [0.15, 0.2) is 0 Å². The van der Waals surface area contributed by atoms with Crippen molar-refractivity contribution < 1.29 is 0 Å². The van der Waals surface area contributed by atoms with Gasteiger partial charge in [-0.25, -0.2) is 9.97 Å². The van der Waals surface area contributed by atoms with Crippen LogP contribution in [-0.4, -0.2) is 19.7 Å².